The molecule has 1 atom stereocenters. The third kappa shape index (κ3) is 3.31. The van der Waals surface area contributed by atoms with Crippen molar-refractivity contribution in [1.29, 1.82) is 0 Å². The lowest BCUT2D eigenvalue weighted by molar-refractivity contribution is 0.262. The Morgan fingerprint density at radius 2 is 2.04 bits per heavy atom. The van der Waals surface area contributed by atoms with Gasteiger partial charge >= 0.3 is 0 Å². The molecule has 1 aliphatic heterocycles. The molecule has 1 fully saturated rings. The molecule has 26 heavy (non-hydrogen) atoms. The smallest absolute Gasteiger partial charge is 0.225 e. The monoisotopic (exact) mass is 387 g/mol. The number of aromatic nitrogens is 2. The first-order valence-corrected chi connectivity index (χ1v) is 10.3. The SMILES string of the molecule is Cc1ccc(-c2csc3nc(Cl)nc(N4CCCCC4CCO)c23)cc1. The first-order chi connectivity index (χ1) is 12.7. The number of thiophene rings is 1. The molecule has 0 radical (unpaired) electrons. The maximum atomic E-state index is 9.49. The summed E-state index contributed by atoms with van der Waals surface area (Å²) in [6, 6.07) is 8.86. The number of aliphatic hydroxyl groups excluding tert-OH is 1. The molecule has 0 bridgehead atoms. The minimum absolute atomic E-state index is 0.192. The second-order valence-corrected chi connectivity index (χ2v) is 8.06. The predicted octanol–water partition coefficient (Wildman–Crippen LogP) is 5.06. The second-order valence-electron chi connectivity index (χ2n) is 6.87. The predicted molar refractivity (Wildman–Crippen MR) is 109 cm³/mol. The van der Waals surface area contributed by atoms with Gasteiger partial charge in [0.05, 0.1) is 5.39 Å². The summed E-state index contributed by atoms with van der Waals surface area (Å²) in [5, 5.41) is 13.0. The van der Waals surface area contributed by atoms with Crippen molar-refractivity contribution >= 4 is 39.0 Å². The molecule has 136 valence electrons. The average Bonchev–Trinajstić information content (AvgIpc) is 3.06. The second kappa shape index (κ2) is 7.51. The van der Waals surface area contributed by atoms with Crippen molar-refractivity contribution in [3.8, 4) is 11.1 Å². The van der Waals surface area contributed by atoms with Crippen LogP contribution in [0.2, 0.25) is 5.28 Å². The molecule has 3 aromatic rings. The highest BCUT2D eigenvalue weighted by molar-refractivity contribution is 7.17. The molecule has 1 aromatic carbocycles. The van der Waals surface area contributed by atoms with Crippen molar-refractivity contribution in [3.63, 3.8) is 0 Å². The Labute approximate surface area is 162 Å². The van der Waals surface area contributed by atoms with E-state index in [2.05, 4.69) is 51.4 Å². The fourth-order valence-electron chi connectivity index (χ4n) is 3.78. The molecule has 6 heteroatoms. The van der Waals surface area contributed by atoms with Crippen molar-refractivity contribution < 1.29 is 5.11 Å². The lowest BCUT2D eigenvalue weighted by Gasteiger charge is -2.37. The van der Waals surface area contributed by atoms with E-state index in [4.69, 9.17) is 11.6 Å². The lowest BCUT2D eigenvalue weighted by atomic mass is 9.98. The van der Waals surface area contributed by atoms with Crippen LogP contribution in [0, 0.1) is 6.92 Å². The van der Waals surface area contributed by atoms with Gasteiger partial charge in [-0.3, -0.25) is 0 Å². The summed E-state index contributed by atoms with van der Waals surface area (Å²) < 4.78 is 0. The Hall–Kier alpha value is -1.69. The Balaban J connectivity index is 1.87. The van der Waals surface area contributed by atoms with Gasteiger partial charge in [0.1, 0.15) is 10.6 Å². The molecule has 1 saturated heterocycles. The number of halogens is 1. The minimum Gasteiger partial charge on any atom is -0.396 e. The van der Waals surface area contributed by atoms with Crippen LogP contribution in [0.5, 0.6) is 0 Å². The van der Waals surface area contributed by atoms with Crippen molar-refractivity contribution in [2.45, 2.75) is 38.6 Å². The number of fused-ring (bicyclic) bond motifs is 1. The van der Waals surface area contributed by atoms with E-state index >= 15 is 0 Å². The summed E-state index contributed by atoms with van der Waals surface area (Å²) in [4.78, 5) is 12.4. The molecule has 2 aromatic heterocycles. The van der Waals surface area contributed by atoms with E-state index in [1.54, 1.807) is 11.3 Å². The Morgan fingerprint density at radius 3 is 2.81 bits per heavy atom. The molecule has 1 N–H and O–H groups in total. The van der Waals surface area contributed by atoms with E-state index in [0.717, 1.165) is 47.4 Å². The number of aryl methyl sites for hydroxylation is 1. The van der Waals surface area contributed by atoms with E-state index in [9.17, 15) is 5.11 Å². The van der Waals surface area contributed by atoms with Gasteiger partial charge in [-0.25, -0.2) is 4.98 Å². The number of hydrogen-bond donors (Lipinski definition) is 1. The maximum absolute atomic E-state index is 9.49. The lowest BCUT2D eigenvalue weighted by Crippen LogP contribution is -2.40. The standard InChI is InChI=1S/C20H22ClN3OS/c1-13-5-7-14(8-6-13)16-12-26-19-17(16)18(22-20(21)23-19)24-10-3-2-4-15(24)9-11-25/h5-8,12,15,25H,2-4,9-11H2,1H3. The molecule has 4 rings (SSSR count). The number of rotatable bonds is 4. The maximum Gasteiger partial charge on any atom is 0.225 e. The van der Waals surface area contributed by atoms with Gasteiger partial charge < -0.3 is 10.0 Å². The largest absolute Gasteiger partial charge is 0.396 e. The van der Waals surface area contributed by atoms with Crippen molar-refractivity contribution in [2.75, 3.05) is 18.1 Å². The normalized spacial score (nSPS) is 17.8. The van der Waals surface area contributed by atoms with Gasteiger partial charge in [-0.15, -0.1) is 11.3 Å². The molecule has 1 unspecified atom stereocenters. The fraction of sp³-hybridized carbons (Fsp3) is 0.400. The highest BCUT2D eigenvalue weighted by atomic mass is 35.5. The number of hydrogen-bond acceptors (Lipinski definition) is 5. The van der Waals surface area contributed by atoms with Crippen molar-refractivity contribution in [3.05, 3.63) is 40.5 Å². The van der Waals surface area contributed by atoms with Crippen LogP contribution in [-0.4, -0.2) is 34.3 Å². The zero-order valence-electron chi connectivity index (χ0n) is 14.8. The van der Waals surface area contributed by atoms with Crippen LogP contribution in [0.4, 0.5) is 5.82 Å². The van der Waals surface area contributed by atoms with Gasteiger partial charge in [-0.2, -0.15) is 4.98 Å². The van der Waals surface area contributed by atoms with E-state index in [1.165, 1.54) is 17.5 Å². The van der Waals surface area contributed by atoms with Gasteiger partial charge in [0.25, 0.3) is 0 Å². The molecule has 0 amide bonds. The molecule has 1 aliphatic rings. The van der Waals surface area contributed by atoms with Crippen LogP contribution >= 0.6 is 22.9 Å². The number of anilines is 1. The average molecular weight is 388 g/mol. The Bertz CT molecular complexity index is 907. The van der Waals surface area contributed by atoms with E-state index in [0.29, 0.717) is 6.04 Å². The quantitative estimate of drug-likeness (QED) is 0.635. The fourth-order valence-corrected chi connectivity index (χ4v) is 4.94. The minimum atomic E-state index is 0.192. The Kier molecular flexibility index (Phi) is 5.11. The van der Waals surface area contributed by atoms with Crippen molar-refractivity contribution in [1.82, 2.24) is 9.97 Å². The molecule has 3 heterocycles. The summed E-state index contributed by atoms with van der Waals surface area (Å²) in [5.41, 5.74) is 3.57. The van der Waals surface area contributed by atoms with Crippen molar-refractivity contribution in [2.24, 2.45) is 0 Å². The van der Waals surface area contributed by atoms with Gasteiger partial charge in [0.2, 0.25) is 5.28 Å². The molecule has 0 aliphatic carbocycles. The number of benzene rings is 1. The summed E-state index contributed by atoms with van der Waals surface area (Å²) in [5.74, 6) is 0.912. The highest BCUT2D eigenvalue weighted by Gasteiger charge is 2.27. The van der Waals surface area contributed by atoms with Gasteiger partial charge in [0.15, 0.2) is 0 Å². The van der Waals surface area contributed by atoms with Crippen LogP contribution in [0.25, 0.3) is 21.3 Å². The van der Waals surface area contributed by atoms with E-state index in [1.807, 2.05) is 0 Å². The molecule has 0 saturated carbocycles. The zero-order chi connectivity index (χ0) is 18.1. The summed E-state index contributed by atoms with van der Waals surface area (Å²) in [7, 11) is 0. The van der Waals surface area contributed by atoms with Crippen LogP contribution < -0.4 is 4.90 Å². The third-order valence-electron chi connectivity index (χ3n) is 5.11. The molecule has 4 nitrogen and oxygen atoms in total. The van der Waals surface area contributed by atoms with E-state index in [-0.39, 0.29) is 11.9 Å². The summed E-state index contributed by atoms with van der Waals surface area (Å²) in [6.07, 6.45) is 4.16. The van der Waals surface area contributed by atoms with Crippen LogP contribution in [-0.2, 0) is 0 Å². The van der Waals surface area contributed by atoms with Gasteiger partial charge in [-0.1, -0.05) is 29.8 Å². The number of piperidine rings is 1. The first-order valence-electron chi connectivity index (χ1n) is 9.06. The number of aliphatic hydroxyl groups is 1. The summed E-state index contributed by atoms with van der Waals surface area (Å²) in [6.45, 7) is 3.23. The van der Waals surface area contributed by atoms with Crippen LogP contribution in [0.1, 0.15) is 31.2 Å². The first kappa shape index (κ1) is 17.7. The Morgan fingerprint density at radius 1 is 1.23 bits per heavy atom. The topological polar surface area (TPSA) is 49.2 Å². The zero-order valence-corrected chi connectivity index (χ0v) is 16.4. The molecule has 0 spiro atoms. The third-order valence-corrected chi connectivity index (χ3v) is 6.15. The van der Waals surface area contributed by atoms with Gasteiger partial charge in [-0.05, 0) is 49.8 Å². The van der Waals surface area contributed by atoms with Crippen LogP contribution in [0.15, 0.2) is 29.6 Å². The van der Waals surface area contributed by atoms with Gasteiger partial charge in [0, 0.05) is 30.1 Å². The molecular weight excluding hydrogens is 366 g/mol. The highest BCUT2D eigenvalue weighted by Crippen LogP contribution is 2.40. The summed E-state index contributed by atoms with van der Waals surface area (Å²) >= 11 is 7.86. The number of nitrogens with zero attached hydrogens (tertiary/aromatic N) is 3. The van der Waals surface area contributed by atoms with E-state index < -0.39 is 0 Å². The van der Waals surface area contributed by atoms with Crippen LogP contribution in [0.3, 0.4) is 0 Å². The molecular formula is C20H22ClN3OS.